The molecule has 0 spiro atoms. The Balaban J connectivity index is 1.58. The van der Waals surface area contributed by atoms with Crippen molar-refractivity contribution >= 4 is 26.9 Å². The lowest BCUT2D eigenvalue weighted by Gasteiger charge is -2.26. The highest BCUT2D eigenvalue weighted by Crippen LogP contribution is 2.28. The van der Waals surface area contributed by atoms with Crippen molar-refractivity contribution in [2.45, 2.75) is 24.3 Å². The van der Waals surface area contributed by atoms with Gasteiger partial charge in [0.2, 0.25) is 10.0 Å². The van der Waals surface area contributed by atoms with Crippen LogP contribution in [0.2, 0.25) is 0 Å². The molecule has 0 bridgehead atoms. The lowest BCUT2D eigenvalue weighted by molar-refractivity contribution is 0.470. The van der Waals surface area contributed by atoms with Gasteiger partial charge in [-0.15, -0.1) is 0 Å². The molecule has 0 saturated carbocycles. The first kappa shape index (κ1) is 17.0. The number of aromatic nitrogens is 3. The molecule has 1 aliphatic rings. The molecule has 1 atom stereocenters. The predicted molar refractivity (Wildman–Crippen MR) is 101 cm³/mol. The van der Waals surface area contributed by atoms with E-state index >= 15 is 0 Å². The zero-order valence-electron chi connectivity index (χ0n) is 14.8. The third-order valence-corrected chi connectivity index (χ3v) is 6.83. The van der Waals surface area contributed by atoms with E-state index in [9.17, 15) is 8.42 Å². The number of aryl methyl sites for hydroxylation is 1. The minimum atomic E-state index is -3.47. The van der Waals surface area contributed by atoms with Crippen molar-refractivity contribution in [3.05, 3.63) is 48.4 Å². The van der Waals surface area contributed by atoms with E-state index in [0.717, 1.165) is 28.8 Å². The summed E-state index contributed by atoms with van der Waals surface area (Å²) >= 11 is 0. The summed E-state index contributed by atoms with van der Waals surface area (Å²) in [5, 5.41) is 0.940. The minimum absolute atomic E-state index is 0.0718. The van der Waals surface area contributed by atoms with Crippen LogP contribution in [0, 0.1) is 6.92 Å². The normalized spacial score (nSPS) is 18.5. The minimum Gasteiger partial charge on any atom is -0.355 e. The van der Waals surface area contributed by atoms with Crippen molar-refractivity contribution in [2.24, 2.45) is 0 Å². The lowest BCUT2D eigenvalue weighted by Crippen LogP contribution is -2.37. The third kappa shape index (κ3) is 2.85. The Hall–Kier alpha value is -2.45. The molecule has 8 heteroatoms. The molecule has 1 fully saturated rings. The van der Waals surface area contributed by atoms with Crippen molar-refractivity contribution in [1.82, 2.24) is 19.3 Å². The van der Waals surface area contributed by atoms with Crippen molar-refractivity contribution in [3.8, 4) is 0 Å². The SMILES string of the molecule is Cc1cccc(S(=O)(=O)N2CCC(N(C)c3ncnc4[nH]ccc34)C2)c1. The number of fused-ring (bicyclic) bond motifs is 1. The summed E-state index contributed by atoms with van der Waals surface area (Å²) in [5.74, 6) is 0.816. The molecule has 0 radical (unpaired) electrons. The van der Waals surface area contributed by atoms with Gasteiger partial charge in [0, 0.05) is 32.4 Å². The van der Waals surface area contributed by atoms with E-state index in [1.165, 1.54) is 6.33 Å². The second-order valence-corrected chi connectivity index (χ2v) is 8.61. The van der Waals surface area contributed by atoms with Crippen LogP contribution in [0.1, 0.15) is 12.0 Å². The van der Waals surface area contributed by atoms with Crippen LogP contribution in [-0.2, 0) is 10.0 Å². The van der Waals surface area contributed by atoms with Crippen molar-refractivity contribution in [1.29, 1.82) is 0 Å². The number of hydrogen-bond acceptors (Lipinski definition) is 5. The van der Waals surface area contributed by atoms with Gasteiger partial charge in [0.25, 0.3) is 0 Å². The van der Waals surface area contributed by atoms with Crippen LogP contribution in [0.15, 0.2) is 47.8 Å². The number of benzene rings is 1. The maximum atomic E-state index is 12.9. The summed E-state index contributed by atoms with van der Waals surface area (Å²) in [6, 6.07) is 9.08. The Kier molecular flexibility index (Phi) is 4.16. The van der Waals surface area contributed by atoms with Gasteiger partial charge >= 0.3 is 0 Å². The Morgan fingerprint density at radius 2 is 2.12 bits per heavy atom. The van der Waals surface area contributed by atoms with Gasteiger partial charge in [-0.1, -0.05) is 12.1 Å². The van der Waals surface area contributed by atoms with E-state index < -0.39 is 10.0 Å². The molecule has 2 aromatic heterocycles. The second kappa shape index (κ2) is 6.37. The van der Waals surface area contributed by atoms with E-state index in [4.69, 9.17) is 0 Å². The van der Waals surface area contributed by atoms with Gasteiger partial charge in [-0.2, -0.15) is 4.31 Å². The monoisotopic (exact) mass is 371 g/mol. The summed E-state index contributed by atoms with van der Waals surface area (Å²) in [5.41, 5.74) is 1.72. The van der Waals surface area contributed by atoms with Gasteiger partial charge in [0.1, 0.15) is 17.8 Å². The number of aromatic amines is 1. The number of H-pyrrole nitrogens is 1. The fourth-order valence-corrected chi connectivity index (χ4v) is 5.08. The van der Waals surface area contributed by atoms with Gasteiger partial charge in [-0.25, -0.2) is 18.4 Å². The molecule has 1 aromatic carbocycles. The fraction of sp³-hybridized carbons (Fsp3) is 0.333. The highest BCUT2D eigenvalue weighted by molar-refractivity contribution is 7.89. The standard InChI is InChI=1S/C18H21N5O2S/c1-13-4-3-5-15(10-13)26(24,25)23-9-7-14(11-23)22(2)18-16-6-8-19-17(16)20-12-21-18/h3-6,8,10,12,14H,7,9,11H2,1-2H3,(H,19,20,21). The average molecular weight is 371 g/mol. The van der Waals surface area contributed by atoms with Gasteiger partial charge in [0.05, 0.1) is 10.3 Å². The van der Waals surface area contributed by atoms with Crippen LogP contribution in [0.3, 0.4) is 0 Å². The van der Waals surface area contributed by atoms with Crippen molar-refractivity contribution in [3.63, 3.8) is 0 Å². The molecule has 1 N–H and O–H groups in total. The number of anilines is 1. The van der Waals surface area contributed by atoms with Crippen LogP contribution in [-0.4, -0.2) is 53.9 Å². The molecule has 1 saturated heterocycles. The van der Waals surface area contributed by atoms with E-state index in [0.29, 0.717) is 18.0 Å². The van der Waals surface area contributed by atoms with Crippen LogP contribution in [0.25, 0.3) is 11.0 Å². The average Bonchev–Trinajstić information content (AvgIpc) is 3.30. The third-order valence-electron chi connectivity index (χ3n) is 4.97. The summed E-state index contributed by atoms with van der Waals surface area (Å²) in [4.78, 5) is 14.1. The number of sulfonamides is 1. The molecular weight excluding hydrogens is 350 g/mol. The lowest BCUT2D eigenvalue weighted by atomic mass is 10.2. The maximum Gasteiger partial charge on any atom is 0.243 e. The zero-order chi connectivity index (χ0) is 18.3. The van der Waals surface area contributed by atoms with E-state index in [1.54, 1.807) is 22.5 Å². The quantitative estimate of drug-likeness (QED) is 0.760. The summed E-state index contributed by atoms with van der Waals surface area (Å²) in [6.45, 7) is 2.85. The molecule has 0 aliphatic carbocycles. The van der Waals surface area contributed by atoms with Crippen LogP contribution in [0.5, 0.6) is 0 Å². The smallest absolute Gasteiger partial charge is 0.243 e. The van der Waals surface area contributed by atoms with Crippen molar-refractivity contribution in [2.75, 3.05) is 25.0 Å². The molecule has 136 valence electrons. The Morgan fingerprint density at radius 3 is 2.92 bits per heavy atom. The molecule has 4 rings (SSSR count). The zero-order valence-corrected chi connectivity index (χ0v) is 15.6. The van der Waals surface area contributed by atoms with E-state index in [2.05, 4.69) is 19.9 Å². The number of likely N-dealkylation sites (N-methyl/N-ethyl adjacent to an activating group) is 1. The van der Waals surface area contributed by atoms with Gasteiger partial charge in [-0.05, 0) is 37.1 Å². The molecule has 0 amide bonds. The van der Waals surface area contributed by atoms with E-state index in [1.807, 2.05) is 32.3 Å². The molecule has 26 heavy (non-hydrogen) atoms. The second-order valence-electron chi connectivity index (χ2n) is 6.67. The number of hydrogen-bond donors (Lipinski definition) is 1. The van der Waals surface area contributed by atoms with E-state index in [-0.39, 0.29) is 6.04 Å². The van der Waals surface area contributed by atoms with Crippen LogP contribution in [0.4, 0.5) is 5.82 Å². The molecular formula is C18H21N5O2S. The molecule has 1 unspecified atom stereocenters. The first-order valence-electron chi connectivity index (χ1n) is 8.54. The maximum absolute atomic E-state index is 12.9. The van der Waals surface area contributed by atoms with Gasteiger partial charge < -0.3 is 9.88 Å². The number of nitrogens with one attached hydrogen (secondary N) is 1. The summed E-state index contributed by atoms with van der Waals surface area (Å²) in [7, 11) is -1.51. The Morgan fingerprint density at radius 1 is 1.27 bits per heavy atom. The van der Waals surface area contributed by atoms with Gasteiger partial charge in [0.15, 0.2) is 0 Å². The predicted octanol–water partition coefficient (Wildman–Crippen LogP) is 2.17. The number of rotatable bonds is 4. The molecule has 3 heterocycles. The number of nitrogens with zero attached hydrogens (tertiary/aromatic N) is 4. The Bertz CT molecular complexity index is 1050. The molecule has 3 aromatic rings. The highest BCUT2D eigenvalue weighted by Gasteiger charge is 2.35. The van der Waals surface area contributed by atoms with Crippen LogP contribution < -0.4 is 4.90 Å². The molecule has 1 aliphatic heterocycles. The molecule has 7 nitrogen and oxygen atoms in total. The van der Waals surface area contributed by atoms with Gasteiger partial charge in [-0.3, -0.25) is 0 Å². The first-order chi connectivity index (χ1) is 12.5. The Labute approximate surface area is 152 Å². The largest absolute Gasteiger partial charge is 0.355 e. The summed E-state index contributed by atoms with van der Waals surface area (Å²) in [6.07, 6.45) is 4.12. The highest BCUT2D eigenvalue weighted by atomic mass is 32.2. The van der Waals surface area contributed by atoms with Crippen molar-refractivity contribution < 1.29 is 8.42 Å². The van der Waals surface area contributed by atoms with Crippen LogP contribution >= 0.6 is 0 Å². The first-order valence-corrected chi connectivity index (χ1v) is 9.98. The topological polar surface area (TPSA) is 82.2 Å². The fourth-order valence-electron chi connectivity index (χ4n) is 3.48. The summed E-state index contributed by atoms with van der Waals surface area (Å²) < 4.78 is 27.4.